The van der Waals surface area contributed by atoms with E-state index in [4.69, 9.17) is 0 Å². The number of carbonyl (C=O) groups is 1. The molecule has 2 aromatic rings. The number of hydrogen-bond donors (Lipinski definition) is 2. The lowest BCUT2D eigenvalue weighted by atomic mass is 10.0. The van der Waals surface area contributed by atoms with Gasteiger partial charge in [-0.3, -0.25) is 9.78 Å². The van der Waals surface area contributed by atoms with Crippen LogP contribution < -0.4 is 10.6 Å². The maximum Gasteiger partial charge on any atom is 0.252 e. The van der Waals surface area contributed by atoms with Gasteiger partial charge in [0.05, 0.1) is 5.52 Å². The summed E-state index contributed by atoms with van der Waals surface area (Å²) in [6.45, 7) is 1.95. The molecule has 4 nitrogen and oxygen atoms in total. The molecule has 0 saturated carbocycles. The molecule has 1 aromatic heterocycles. The van der Waals surface area contributed by atoms with Gasteiger partial charge < -0.3 is 10.6 Å². The van der Waals surface area contributed by atoms with Gasteiger partial charge in [0.1, 0.15) is 0 Å². The summed E-state index contributed by atoms with van der Waals surface area (Å²) in [5.74, 6) is 0.00509. The van der Waals surface area contributed by atoms with Gasteiger partial charge >= 0.3 is 0 Å². The second-order valence-electron chi connectivity index (χ2n) is 4.87. The quantitative estimate of drug-likeness (QED) is 0.859. The largest absolute Gasteiger partial charge is 0.349 e. The standard InChI is InChI=1S/C15H17N3O/c19-15(18-11-6-9-16-10-7-11)13-3-1-5-14-12(13)4-2-8-17-14/h1-5,8,11,16H,6-7,9-10H2,(H,18,19). The smallest absolute Gasteiger partial charge is 0.252 e. The van der Waals surface area contributed by atoms with Gasteiger partial charge in [0.2, 0.25) is 0 Å². The number of benzene rings is 1. The Morgan fingerprint density at radius 1 is 1.21 bits per heavy atom. The number of carbonyl (C=O) groups excluding carboxylic acids is 1. The van der Waals surface area contributed by atoms with Crippen LogP contribution in [0.1, 0.15) is 23.2 Å². The van der Waals surface area contributed by atoms with Crippen LogP contribution in [-0.2, 0) is 0 Å². The lowest BCUT2D eigenvalue weighted by Crippen LogP contribution is -2.42. The molecule has 0 radical (unpaired) electrons. The fraction of sp³-hybridized carbons (Fsp3) is 0.333. The topological polar surface area (TPSA) is 54.0 Å². The average molecular weight is 255 g/mol. The van der Waals surface area contributed by atoms with Crippen molar-refractivity contribution >= 4 is 16.8 Å². The number of nitrogens with one attached hydrogen (secondary N) is 2. The maximum absolute atomic E-state index is 12.4. The summed E-state index contributed by atoms with van der Waals surface area (Å²) in [5.41, 5.74) is 1.57. The van der Waals surface area contributed by atoms with Crippen molar-refractivity contribution in [3.05, 3.63) is 42.1 Å². The summed E-state index contributed by atoms with van der Waals surface area (Å²) in [6, 6.07) is 9.76. The summed E-state index contributed by atoms with van der Waals surface area (Å²) in [7, 11) is 0. The summed E-state index contributed by atoms with van der Waals surface area (Å²) in [4.78, 5) is 16.6. The Hall–Kier alpha value is -1.94. The SMILES string of the molecule is O=C(NC1CCNCC1)c1cccc2ncccc12. The van der Waals surface area contributed by atoms with E-state index >= 15 is 0 Å². The molecule has 98 valence electrons. The molecular weight excluding hydrogens is 238 g/mol. The Morgan fingerprint density at radius 2 is 2.05 bits per heavy atom. The van der Waals surface area contributed by atoms with Crippen molar-refractivity contribution in [1.29, 1.82) is 0 Å². The summed E-state index contributed by atoms with van der Waals surface area (Å²) in [6.07, 6.45) is 3.74. The first-order chi connectivity index (χ1) is 9.34. The molecule has 2 N–H and O–H groups in total. The van der Waals surface area contributed by atoms with Gasteiger partial charge in [0.25, 0.3) is 5.91 Å². The molecule has 0 unspecified atom stereocenters. The number of amides is 1. The predicted molar refractivity (Wildman–Crippen MR) is 75.1 cm³/mol. The van der Waals surface area contributed by atoms with Gasteiger partial charge in [-0.2, -0.15) is 0 Å². The molecule has 0 spiro atoms. The number of rotatable bonds is 2. The van der Waals surface area contributed by atoms with Gasteiger partial charge in [-0.15, -0.1) is 0 Å². The third kappa shape index (κ3) is 2.58. The number of pyridine rings is 1. The van der Waals surface area contributed by atoms with Crippen LogP contribution in [0.15, 0.2) is 36.5 Å². The van der Waals surface area contributed by atoms with Gasteiger partial charge in [0.15, 0.2) is 0 Å². The van der Waals surface area contributed by atoms with E-state index in [1.54, 1.807) is 6.20 Å². The fourth-order valence-electron chi connectivity index (χ4n) is 2.53. The van der Waals surface area contributed by atoms with E-state index in [0.717, 1.165) is 36.8 Å². The van der Waals surface area contributed by atoms with Crippen LogP contribution >= 0.6 is 0 Å². The number of nitrogens with zero attached hydrogens (tertiary/aromatic N) is 1. The Kier molecular flexibility index (Phi) is 3.42. The first-order valence-corrected chi connectivity index (χ1v) is 6.70. The predicted octanol–water partition coefficient (Wildman–Crippen LogP) is 1.72. The van der Waals surface area contributed by atoms with Gasteiger partial charge in [-0.1, -0.05) is 12.1 Å². The molecule has 19 heavy (non-hydrogen) atoms. The van der Waals surface area contributed by atoms with Crippen LogP contribution in [0.2, 0.25) is 0 Å². The van der Waals surface area contributed by atoms with Crippen LogP contribution in [0.25, 0.3) is 10.9 Å². The van der Waals surface area contributed by atoms with Gasteiger partial charge in [0, 0.05) is 23.2 Å². The number of fused-ring (bicyclic) bond motifs is 1. The molecule has 1 aliphatic heterocycles. The highest BCUT2D eigenvalue weighted by atomic mass is 16.1. The van der Waals surface area contributed by atoms with E-state index in [1.807, 2.05) is 30.3 Å². The van der Waals surface area contributed by atoms with Gasteiger partial charge in [-0.25, -0.2) is 0 Å². The lowest BCUT2D eigenvalue weighted by Gasteiger charge is -2.23. The van der Waals surface area contributed by atoms with Crippen LogP contribution in [-0.4, -0.2) is 30.0 Å². The van der Waals surface area contributed by atoms with E-state index in [1.165, 1.54) is 0 Å². The van der Waals surface area contributed by atoms with E-state index in [9.17, 15) is 4.79 Å². The molecule has 0 atom stereocenters. The molecule has 1 aliphatic rings. The first kappa shape index (κ1) is 12.1. The molecule has 1 fully saturated rings. The van der Waals surface area contributed by atoms with Crippen molar-refractivity contribution in [2.45, 2.75) is 18.9 Å². The zero-order valence-corrected chi connectivity index (χ0v) is 10.7. The third-order valence-corrected chi connectivity index (χ3v) is 3.56. The summed E-state index contributed by atoms with van der Waals surface area (Å²) < 4.78 is 0. The van der Waals surface area contributed by atoms with E-state index < -0.39 is 0 Å². The molecule has 3 rings (SSSR count). The molecule has 4 heteroatoms. The van der Waals surface area contributed by atoms with Gasteiger partial charge in [-0.05, 0) is 44.1 Å². The molecule has 1 aromatic carbocycles. The highest BCUT2D eigenvalue weighted by Crippen LogP contribution is 2.16. The maximum atomic E-state index is 12.4. The minimum absolute atomic E-state index is 0.00509. The molecular formula is C15H17N3O. The minimum Gasteiger partial charge on any atom is -0.349 e. The molecule has 0 aliphatic carbocycles. The van der Waals surface area contributed by atoms with Crippen molar-refractivity contribution in [3.63, 3.8) is 0 Å². The first-order valence-electron chi connectivity index (χ1n) is 6.70. The van der Waals surface area contributed by atoms with Crippen LogP contribution in [0.3, 0.4) is 0 Å². The average Bonchev–Trinajstić information content (AvgIpc) is 2.47. The summed E-state index contributed by atoms with van der Waals surface area (Å²) >= 11 is 0. The second-order valence-corrected chi connectivity index (χ2v) is 4.87. The van der Waals surface area contributed by atoms with Crippen LogP contribution in [0.5, 0.6) is 0 Å². The molecule has 0 bridgehead atoms. The zero-order valence-electron chi connectivity index (χ0n) is 10.7. The van der Waals surface area contributed by atoms with E-state index in [0.29, 0.717) is 5.56 Å². The Balaban J connectivity index is 1.85. The summed E-state index contributed by atoms with van der Waals surface area (Å²) in [5, 5.41) is 7.33. The highest BCUT2D eigenvalue weighted by Gasteiger charge is 2.17. The van der Waals surface area contributed by atoms with Crippen LogP contribution in [0.4, 0.5) is 0 Å². The molecule has 1 amide bonds. The lowest BCUT2D eigenvalue weighted by molar-refractivity contribution is 0.0931. The van der Waals surface area contributed by atoms with Crippen molar-refractivity contribution in [2.24, 2.45) is 0 Å². The van der Waals surface area contributed by atoms with E-state index in [-0.39, 0.29) is 11.9 Å². The Labute approximate surface area is 112 Å². The van der Waals surface area contributed by atoms with Crippen LogP contribution in [0, 0.1) is 0 Å². The van der Waals surface area contributed by atoms with Crippen molar-refractivity contribution < 1.29 is 4.79 Å². The van der Waals surface area contributed by atoms with Crippen molar-refractivity contribution in [1.82, 2.24) is 15.6 Å². The third-order valence-electron chi connectivity index (χ3n) is 3.56. The monoisotopic (exact) mass is 255 g/mol. The van der Waals surface area contributed by atoms with Crippen molar-refractivity contribution in [3.8, 4) is 0 Å². The molecule has 1 saturated heterocycles. The number of piperidine rings is 1. The minimum atomic E-state index is 0.00509. The number of hydrogen-bond acceptors (Lipinski definition) is 3. The van der Waals surface area contributed by atoms with E-state index in [2.05, 4.69) is 15.6 Å². The fourth-order valence-corrected chi connectivity index (χ4v) is 2.53. The number of aromatic nitrogens is 1. The second kappa shape index (κ2) is 5.36. The molecule has 2 heterocycles. The normalized spacial score (nSPS) is 16.4. The zero-order chi connectivity index (χ0) is 13.1. The van der Waals surface area contributed by atoms with Crippen molar-refractivity contribution in [2.75, 3.05) is 13.1 Å². The highest BCUT2D eigenvalue weighted by molar-refractivity contribution is 6.06. The Morgan fingerprint density at radius 3 is 2.89 bits per heavy atom. The Bertz CT molecular complexity index is 585.